The summed E-state index contributed by atoms with van der Waals surface area (Å²) in [5.41, 5.74) is 1.27. The summed E-state index contributed by atoms with van der Waals surface area (Å²) in [5.74, 6) is 0. The molecular weight excluding hydrogens is 230 g/mol. The van der Waals surface area contributed by atoms with E-state index in [1.807, 2.05) is 36.4 Å². The van der Waals surface area contributed by atoms with Crippen molar-refractivity contribution in [1.29, 1.82) is 5.26 Å². The fourth-order valence-electron chi connectivity index (χ4n) is 1.53. The lowest BCUT2D eigenvalue weighted by atomic mass is 10.2. The van der Waals surface area contributed by atoms with Crippen molar-refractivity contribution in [3.8, 4) is 6.07 Å². The molecule has 2 aromatic carbocycles. The summed E-state index contributed by atoms with van der Waals surface area (Å²) in [5, 5.41) is 22.6. The summed E-state index contributed by atoms with van der Waals surface area (Å²) in [4.78, 5) is 10.4. The lowest BCUT2D eigenvalue weighted by Crippen LogP contribution is -1.97. The molecule has 2 rings (SSSR count). The van der Waals surface area contributed by atoms with Gasteiger partial charge in [-0.3, -0.25) is 10.1 Å². The molecule has 0 atom stereocenters. The molecule has 0 heterocycles. The molecule has 0 saturated heterocycles. The Kier molecular flexibility index (Phi) is 3.21. The van der Waals surface area contributed by atoms with Crippen molar-refractivity contribution in [2.24, 2.45) is 0 Å². The summed E-state index contributed by atoms with van der Waals surface area (Å²) in [6, 6.07) is 15.3. The molecule has 0 fully saturated rings. The lowest BCUT2D eigenvalue weighted by Gasteiger charge is -2.06. The molecule has 1 N–H and O–H groups in total. The van der Waals surface area contributed by atoms with Crippen molar-refractivity contribution in [3.05, 3.63) is 64.2 Å². The number of hydrogen-bond acceptors (Lipinski definition) is 4. The monoisotopic (exact) mass is 239 g/mol. The Labute approximate surface area is 103 Å². The van der Waals surface area contributed by atoms with Gasteiger partial charge in [-0.15, -0.1) is 0 Å². The quantitative estimate of drug-likeness (QED) is 0.658. The van der Waals surface area contributed by atoms with Crippen LogP contribution in [0.4, 0.5) is 17.1 Å². The first-order chi connectivity index (χ1) is 8.70. The van der Waals surface area contributed by atoms with E-state index in [0.717, 1.165) is 5.69 Å². The number of nitrogens with zero attached hydrogens (tertiary/aromatic N) is 2. The van der Waals surface area contributed by atoms with Gasteiger partial charge < -0.3 is 5.32 Å². The molecule has 18 heavy (non-hydrogen) atoms. The van der Waals surface area contributed by atoms with E-state index >= 15 is 0 Å². The second kappa shape index (κ2) is 4.97. The van der Waals surface area contributed by atoms with Gasteiger partial charge in [-0.25, -0.2) is 0 Å². The average Bonchev–Trinajstić information content (AvgIpc) is 2.40. The van der Waals surface area contributed by atoms with E-state index in [4.69, 9.17) is 5.26 Å². The minimum absolute atomic E-state index is 0.113. The number of nitriles is 1. The van der Waals surface area contributed by atoms with Crippen LogP contribution < -0.4 is 5.32 Å². The van der Waals surface area contributed by atoms with Crippen LogP contribution in [0.3, 0.4) is 0 Å². The first kappa shape index (κ1) is 11.6. The fraction of sp³-hybridized carbons (Fsp3) is 0. The van der Waals surface area contributed by atoms with Gasteiger partial charge in [0.2, 0.25) is 0 Å². The molecule has 0 aliphatic rings. The van der Waals surface area contributed by atoms with Crippen molar-refractivity contribution in [2.75, 3.05) is 5.32 Å². The third-order valence-electron chi connectivity index (χ3n) is 2.38. The highest BCUT2D eigenvalue weighted by Crippen LogP contribution is 2.28. The summed E-state index contributed by atoms with van der Waals surface area (Å²) < 4.78 is 0. The van der Waals surface area contributed by atoms with Crippen LogP contribution >= 0.6 is 0 Å². The summed E-state index contributed by atoms with van der Waals surface area (Å²) in [6.07, 6.45) is 0. The van der Waals surface area contributed by atoms with Crippen LogP contribution in [0.1, 0.15) is 5.56 Å². The van der Waals surface area contributed by atoms with E-state index in [-0.39, 0.29) is 11.3 Å². The number of nitro groups is 1. The SMILES string of the molecule is N#Cc1ccc(Nc2ccccc2)c([N+](=O)[O-])c1. The number of benzene rings is 2. The van der Waals surface area contributed by atoms with Crippen molar-refractivity contribution in [1.82, 2.24) is 0 Å². The smallest absolute Gasteiger partial charge is 0.293 e. The van der Waals surface area contributed by atoms with Crippen molar-refractivity contribution in [3.63, 3.8) is 0 Å². The summed E-state index contributed by atoms with van der Waals surface area (Å²) >= 11 is 0. The molecule has 5 heteroatoms. The van der Waals surface area contributed by atoms with E-state index in [1.54, 1.807) is 0 Å². The molecule has 5 nitrogen and oxygen atoms in total. The topological polar surface area (TPSA) is 79.0 Å². The fourth-order valence-corrected chi connectivity index (χ4v) is 1.53. The predicted molar refractivity (Wildman–Crippen MR) is 67.5 cm³/mol. The third-order valence-corrected chi connectivity index (χ3v) is 2.38. The van der Waals surface area contributed by atoms with Crippen LogP contribution in [0.15, 0.2) is 48.5 Å². The van der Waals surface area contributed by atoms with Gasteiger partial charge in [-0.05, 0) is 24.3 Å². The molecule has 2 aromatic rings. The van der Waals surface area contributed by atoms with Gasteiger partial charge in [0.05, 0.1) is 16.6 Å². The normalized spacial score (nSPS) is 9.50. The molecule has 0 aliphatic heterocycles. The van der Waals surface area contributed by atoms with Gasteiger partial charge >= 0.3 is 0 Å². The van der Waals surface area contributed by atoms with Gasteiger partial charge in [0, 0.05) is 11.8 Å². The number of para-hydroxylation sites is 1. The van der Waals surface area contributed by atoms with Crippen molar-refractivity contribution >= 4 is 17.1 Å². The molecule has 0 unspecified atom stereocenters. The second-order valence-electron chi connectivity index (χ2n) is 3.59. The molecule has 0 saturated carbocycles. The van der Waals surface area contributed by atoms with Gasteiger partial charge in [0.1, 0.15) is 5.69 Å². The highest BCUT2D eigenvalue weighted by molar-refractivity contribution is 5.70. The zero-order valence-electron chi connectivity index (χ0n) is 9.33. The van der Waals surface area contributed by atoms with E-state index in [9.17, 15) is 10.1 Å². The van der Waals surface area contributed by atoms with Crippen LogP contribution in [0.5, 0.6) is 0 Å². The molecule has 0 bridgehead atoms. The maximum atomic E-state index is 10.9. The highest BCUT2D eigenvalue weighted by Gasteiger charge is 2.14. The van der Waals surface area contributed by atoms with Gasteiger partial charge in [-0.2, -0.15) is 5.26 Å². The largest absolute Gasteiger partial charge is 0.350 e. The average molecular weight is 239 g/mol. The van der Waals surface area contributed by atoms with Crippen LogP contribution in [0.2, 0.25) is 0 Å². The highest BCUT2D eigenvalue weighted by atomic mass is 16.6. The number of rotatable bonds is 3. The maximum absolute atomic E-state index is 10.9. The van der Waals surface area contributed by atoms with E-state index < -0.39 is 4.92 Å². The molecule has 0 spiro atoms. The predicted octanol–water partition coefficient (Wildman–Crippen LogP) is 3.21. The molecule has 0 radical (unpaired) electrons. The van der Waals surface area contributed by atoms with Crippen molar-refractivity contribution in [2.45, 2.75) is 0 Å². The Hall–Kier alpha value is -2.87. The molecule has 0 aliphatic carbocycles. The van der Waals surface area contributed by atoms with Gasteiger partial charge in [0.15, 0.2) is 0 Å². The van der Waals surface area contributed by atoms with E-state index in [2.05, 4.69) is 5.32 Å². The minimum atomic E-state index is -0.508. The second-order valence-corrected chi connectivity index (χ2v) is 3.59. The Morgan fingerprint density at radius 3 is 2.50 bits per heavy atom. The van der Waals surface area contributed by atoms with Crippen LogP contribution in [0, 0.1) is 21.4 Å². The Morgan fingerprint density at radius 2 is 1.89 bits per heavy atom. The Bertz CT molecular complexity index is 618. The molecule has 88 valence electrons. The maximum Gasteiger partial charge on any atom is 0.293 e. The van der Waals surface area contributed by atoms with Crippen molar-refractivity contribution < 1.29 is 4.92 Å². The molecule has 0 amide bonds. The first-order valence-corrected chi connectivity index (χ1v) is 5.21. The first-order valence-electron chi connectivity index (χ1n) is 5.21. The van der Waals surface area contributed by atoms with Crippen LogP contribution in [-0.2, 0) is 0 Å². The lowest BCUT2D eigenvalue weighted by molar-refractivity contribution is -0.383. The number of hydrogen-bond donors (Lipinski definition) is 1. The van der Waals surface area contributed by atoms with Crippen LogP contribution in [0.25, 0.3) is 0 Å². The molecular formula is C13H9N3O2. The van der Waals surface area contributed by atoms with E-state index in [0.29, 0.717) is 5.69 Å². The Morgan fingerprint density at radius 1 is 1.17 bits per heavy atom. The summed E-state index contributed by atoms with van der Waals surface area (Å²) in [7, 11) is 0. The van der Waals surface area contributed by atoms with E-state index in [1.165, 1.54) is 18.2 Å². The van der Waals surface area contributed by atoms with Crippen LogP contribution in [-0.4, -0.2) is 4.92 Å². The summed E-state index contributed by atoms with van der Waals surface area (Å²) in [6.45, 7) is 0. The number of nitro benzene ring substituents is 1. The molecule has 0 aromatic heterocycles. The Balaban J connectivity index is 2.39. The van der Waals surface area contributed by atoms with Gasteiger partial charge in [0.25, 0.3) is 5.69 Å². The zero-order valence-corrected chi connectivity index (χ0v) is 9.33. The third kappa shape index (κ3) is 2.44. The minimum Gasteiger partial charge on any atom is -0.350 e. The number of nitrogens with one attached hydrogen (secondary N) is 1. The van der Waals surface area contributed by atoms with Gasteiger partial charge in [-0.1, -0.05) is 18.2 Å². The standard InChI is InChI=1S/C13H9N3O2/c14-9-10-6-7-12(13(8-10)16(17)18)15-11-4-2-1-3-5-11/h1-8,15H. The zero-order chi connectivity index (χ0) is 13.0. The number of anilines is 2.